The van der Waals surface area contributed by atoms with Gasteiger partial charge in [0, 0.05) is 0 Å². The van der Waals surface area contributed by atoms with Gasteiger partial charge in [-0.2, -0.15) is 13.2 Å². The van der Waals surface area contributed by atoms with Crippen molar-refractivity contribution in [2.24, 2.45) is 11.7 Å². The second kappa shape index (κ2) is 6.33. The van der Waals surface area contributed by atoms with Crippen molar-refractivity contribution in [3.63, 3.8) is 0 Å². The first-order chi connectivity index (χ1) is 9.54. The molecule has 0 aliphatic rings. The summed E-state index contributed by atoms with van der Waals surface area (Å²) in [6.45, 7) is 3.20. The van der Waals surface area contributed by atoms with E-state index in [2.05, 4.69) is 4.98 Å². The van der Waals surface area contributed by atoms with E-state index in [4.69, 9.17) is 10.8 Å². The molecular weight excluding hydrogens is 309 g/mol. The van der Waals surface area contributed by atoms with Crippen LogP contribution in [0, 0.1) is 5.92 Å². The van der Waals surface area contributed by atoms with E-state index in [9.17, 15) is 22.8 Å². The third-order valence-corrected chi connectivity index (χ3v) is 4.04. The highest BCUT2D eigenvalue weighted by molar-refractivity contribution is 8.00. The fourth-order valence-electron chi connectivity index (χ4n) is 1.47. The number of aromatic nitrogens is 1. The number of aliphatic carboxylic acids is 1. The van der Waals surface area contributed by atoms with Crippen LogP contribution in [-0.4, -0.2) is 27.2 Å². The van der Waals surface area contributed by atoms with Gasteiger partial charge in [0.05, 0.1) is 5.56 Å². The summed E-state index contributed by atoms with van der Waals surface area (Å²) in [4.78, 5) is 25.7. The number of carbonyl (C=O) groups excluding carboxylic acids is 1. The van der Waals surface area contributed by atoms with Crippen molar-refractivity contribution in [3.8, 4) is 0 Å². The molecule has 1 rings (SSSR count). The third kappa shape index (κ3) is 4.35. The van der Waals surface area contributed by atoms with Gasteiger partial charge < -0.3 is 10.8 Å². The van der Waals surface area contributed by atoms with Gasteiger partial charge in [0.15, 0.2) is 0 Å². The number of alkyl halides is 3. The number of nitrogens with two attached hydrogens (primary N) is 1. The highest BCUT2D eigenvalue weighted by atomic mass is 32.2. The highest BCUT2D eigenvalue weighted by Crippen LogP contribution is 2.34. The van der Waals surface area contributed by atoms with Gasteiger partial charge in [0.2, 0.25) is 0 Å². The number of hydrogen-bond donors (Lipinski definition) is 2. The van der Waals surface area contributed by atoms with E-state index in [-0.39, 0.29) is 16.5 Å². The second-order valence-corrected chi connectivity index (χ2v) is 5.66. The van der Waals surface area contributed by atoms with Crippen LogP contribution in [0.25, 0.3) is 0 Å². The van der Waals surface area contributed by atoms with Gasteiger partial charge in [0.25, 0.3) is 5.91 Å². The Morgan fingerprint density at radius 3 is 2.29 bits per heavy atom. The average Bonchev–Trinajstić information content (AvgIpc) is 2.33. The SMILES string of the molecule is CC(C)C(Sc1nc(C(F)(F)F)ccc1C(N)=O)C(=O)O. The van der Waals surface area contributed by atoms with Gasteiger partial charge in [-0.15, -0.1) is 0 Å². The number of thioether (sulfide) groups is 1. The zero-order valence-electron chi connectivity index (χ0n) is 11.1. The van der Waals surface area contributed by atoms with Crippen LogP contribution < -0.4 is 5.73 Å². The summed E-state index contributed by atoms with van der Waals surface area (Å²) >= 11 is 0.579. The van der Waals surface area contributed by atoms with Crippen molar-refractivity contribution in [3.05, 3.63) is 23.4 Å². The minimum absolute atomic E-state index is 0.236. The number of carbonyl (C=O) groups is 2. The minimum atomic E-state index is -4.69. The van der Waals surface area contributed by atoms with E-state index in [0.717, 1.165) is 6.07 Å². The van der Waals surface area contributed by atoms with Crippen LogP contribution in [0.3, 0.4) is 0 Å². The van der Waals surface area contributed by atoms with E-state index >= 15 is 0 Å². The van der Waals surface area contributed by atoms with Crippen molar-refractivity contribution >= 4 is 23.6 Å². The largest absolute Gasteiger partial charge is 0.480 e. The number of pyridine rings is 1. The van der Waals surface area contributed by atoms with Crippen LogP contribution in [0.5, 0.6) is 0 Å². The molecule has 1 aromatic heterocycles. The summed E-state index contributed by atoms with van der Waals surface area (Å²) in [6, 6.07) is 1.54. The summed E-state index contributed by atoms with van der Waals surface area (Å²) in [6.07, 6.45) is -4.69. The van der Waals surface area contributed by atoms with Gasteiger partial charge in [-0.25, -0.2) is 4.98 Å². The van der Waals surface area contributed by atoms with Crippen molar-refractivity contribution in [2.45, 2.75) is 30.3 Å². The number of carboxylic acid groups (broad SMARTS) is 1. The minimum Gasteiger partial charge on any atom is -0.480 e. The fourth-order valence-corrected chi connectivity index (χ4v) is 2.53. The van der Waals surface area contributed by atoms with Gasteiger partial charge >= 0.3 is 12.1 Å². The maximum absolute atomic E-state index is 12.7. The first-order valence-corrected chi connectivity index (χ1v) is 6.69. The molecule has 1 aromatic rings. The molecule has 9 heteroatoms. The van der Waals surface area contributed by atoms with Gasteiger partial charge in [-0.1, -0.05) is 25.6 Å². The Morgan fingerprint density at radius 1 is 1.33 bits per heavy atom. The molecule has 1 heterocycles. The Hall–Kier alpha value is -1.77. The predicted molar refractivity (Wildman–Crippen MR) is 69.9 cm³/mol. The maximum atomic E-state index is 12.7. The second-order valence-electron chi connectivity index (χ2n) is 4.53. The molecule has 0 fully saturated rings. The first-order valence-electron chi connectivity index (χ1n) is 5.81. The zero-order chi connectivity index (χ0) is 16.4. The molecule has 0 saturated carbocycles. The van der Waals surface area contributed by atoms with Crippen molar-refractivity contribution in [1.82, 2.24) is 4.98 Å². The number of hydrogen-bond acceptors (Lipinski definition) is 4. The molecule has 116 valence electrons. The topological polar surface area (TPSA) is 93.3 Å². The summed E-state index contributed by atoms with van der Waals surface area (Å²) in [5.41, 5.74) is 3.64. The van der Waals surface area contributed by atoms with E-state index in [0.29, 0.717) is 17.8 Å². The summed E-state index contributed by atoms with van der Waals surface area (Å²) in [7, 11) is 0. The molecule has 1 amide bonds. The Bertz CT molecular complexity index is 561. The monoisotopic (exact) mass is 322 g/mol. The standard InChI is InChI=1S/C12H13F3N2O3S/c1-5(2)8(11(19)20)21-10-6(9(16)18)3-4-7(17-10)12(13,14)15/h3-5,8H,1-2H3,(H2,16,18)(H,19,20). The molecule has 1 unspecified atom stereocenters. The Balaban J connectivity index is 3.30. The van der Waals surface area contributed by atoms with Crippen molar-refractivity contribution < 1.29 is 27.9 Å². The highest BCUT2D eigenvalue weighted by Gasteiger charge is 2.34. The van der Waals surface area contributed by atoms with Gasteiger partial charge in [-0.05, 0) is 18.1 Å². The molecule has 5 nitrogen and oxygen atoms in total. The van der Waals surface area contributed by atoms with E-state index in [1.54, 1.807) is 13.8 Å². The number of amides is 1. The Labute approximate surface area is 122 Å². The quantitative estimate of drug-likeness (QED) is 0.812. The van der Waals surface area contributed by atoms with Crippen LogP contribution in [0.1, 0.15) is 29.9 Å². The number of halogens is 3. The molecule has 0 aliphatic carbocycles. The molecule has 3 N–H and O–H groups in total. The van der Waals surface area contributed by atoms with E-state index in [1.807, 2.05) is 0 Å². The lowest BCUT2D eigenvalue weighted by Crippen LogP contribution is -2.24. The van der Waals surface area contributed by atoms with Crippen LogP contribution in [-0.2, 0) is 11.0 Å². The molecule has 0 saturated heterocycles. The Morgan fingerprint density at radius 2 is 1.90 bits per heavy atom. The molecule has 0 aliphatic heterocycles. The summed E-state index contributed by atoms with van der Waals surface area (Å²) < 4.78 is 38.0. The predicted octanol–water partition coefficient (Wildman–Crippen LogP) is 2.40. The summed E-state index contributed by atoms with van der Waals surface area (Å²) in [5.74, 6) is -2.54. The van der Waals surface area contributed by atoms with Crippen LogP contribution in [0.4, 0.5) is 13.2 Å². The van der Waals surface area contributed by atoms with E-state index in [1.165, 1.54) is 0 Å². The lowest BCUT2D eigenvalue weighted by Gasteiger charge is -2.17. The number of nitrogens with zero attached hydrogens (tertiary/aromatic N) is 1. The number of carboxylic acids is 1. The third-order valence-electron chi connectivity index (χ3n) is 2.50. The lowest BCUT2D eigenvalue weighted by atomic mass is 10.1. The zero-order valence-corrected chi connectivity index (χ0v) is 12.0. The van der Waals surface area contributed by atoms with Gasteiger partial charge in [0.1, 0.15) is 16.0 Å². The Kier molecular flexibility index (Phi) is 5.21. The van der Waals surface area contributed by atoms with E-state index < -0.39 is 29.0 Å². The fraction of sp³-hybridized carbons (Fsp3) is 0.417. The average molecular weight is 322 g/mol. The van der Waals surface area contributed by atoms with Crippen molar-refractivity contribution in [2.75, 3.05) is 0 Å². The molecule has 0 bridgehead atoms. The molecule has 0 radical (unpaired) electrons. The van der Waals surface area contributed by atoms with Crippen LogP contribution in [0.15, 0.2) is 17.2 Å². The van der Waals surface area contributed by atoms with Crippen LogP contribution >= 0.6 is 11.8 Å². The normalized spacial score (nSPS) is 13.2. The van der Waals surface area contributed by atoms with Crippen LogP contribution in [0.2, 0.25) is 0 Å². The first kappa shape index (κ1) is 17.3. The molecular formula is C12H13F3N2O3S. The molecule has 21 heavy (non-hydrogen) atoms. The van der Waals surface area contributed by atoms with Crippen molar-refractivity contribution in [1.29, 1.82) is 0 Å². The number of primary amides is 1. The smallest absolute Gasteiger partial charge is 0.433 e. The molecule has 1 atom stereocenters. The molecule has 0 aromatic carbocycles. The molecule has 0 spiro atoms. The lowest BCUT2D eigenvalue weighted by molar-refractivity contribution is -0.141. The van der Waals surface area contributed by atoms with Gasteiger partial charge in [-0.3, -0.25) is 9.59 Å². The maximum Gasteiger partial charge on any atom is 0.433 e. The number of rotatable bonds is 5. The summed E-state index contributed by atoms with van der Waals surface area (Å²) in [5, 5.41) is 7.70.